The van der Waals surface area contributed by atoms with Gasteiger partial charge in [0, 0.05) is 0 Å². The van der Waals surface area contributed by atoms with Crippen molar-refractivity contribution in [3.05, 3.63) is 111 Å². The molecule has 140 valence electrons. The fraction of sp³-hybridized carbons (Fsp3) is 0.167. The first-order chi connectivity index (χ1) is 13.4. The Morgan fingerprint density at radius 3 is 2.04 bits per heavy atom. The van der Waals surface area contributed by atoms with E-state index in [1.54, 1.807) is 4.57 Å². The van der Waals surface area contributed by atoms with Crippen molar-refractivity contribution in [2.75, 3.05) is 0 Å². The molecule has 4 nitrogen and oxygen atoms in total. The molecule has 0 saturated carbocycles. The number of rotatable bonds is 3. The Bertz CT molecular complexity index is 1270. The van der Waals surface area contributed by atoms with Gasteiger partial charge in [-0.05, 0) is 50.6 Å². The average molecular weight is 370 g/mol. The monoisotopic (exact) mass is 370 g/mol. The van der Waals surface area contributed by atoms with Gasteiger partial charge in [-0.2, -0.15) is 0 Å². The molecule has 0 amide bonds. The molecule has 0 unspecified atom stereocenters. The molecule has 0 aliphatic carbocycles. The highest BCUT2D eigenvalue weighted by molar-refractivity contribution is 5.80. The SMILES string of the molecule is Cc1ccc2c(c1)c(=O)n(C(C)(C)c1ccccc1)c(=O)n2-c1ccccc1. The maximum Gasteiger partial charge on any atom is 0.336 e. The molecule has 4 heteroatoms. The van der Waals surface area contributed by atoms with Crippen molar-refractivity contribution >= 4 is 10.9 Å². The Kier molecular flexibility index (Phi) is 4.27. The van der Waals surface area contributed by atoms with Crippen LogP contribution in [0.4, 0.5) is 0 Å². The zero-order valence-electron chi connectivity index (χ0n) is 16.2. The van der Waals surface area contributed by atoms with Crippen LogP contribution >= 0.6 is 0 Å². The van der Waals surface area contributed by atoms with Crippen molar-refractivity contribution in [2.24, 2.45) is 0 Å². The van der Waals surface area contributed by atoms with Gasteiger partial charge in [-0.15, -0.1) is 0 Å². The Labute approximate surface area is 163 Å². The number of para-hydroxylation sites is 1. The quantitative estimate of drug-likeness (QED) is 0.541. The number of aromatic nitrogens is 2. The minimum atomic E-state index is -0.802. The predicted molar refractivity (Wildman–Crippen MR) is 113 cm³/mol. The van der Waals surface area contributed by atoms with Crippen LogP contribution in [-0.2, 0) is 5.54 Å². The lowest BCUT2D eigenvalue weighted by Gasteiger charge is -2.29. The van der Waals surface area contributed by atoms with Crippen LogP contribution in [0.1, 0.15) is 25.0 Å². The van der Waals surface area contributed by atoms with E-state index in [1.165, 1.54) is 4.57 Å². The summed E-state index contributed by atoms with van der Waals surface area (Å²) in [5.41, 5.74) is 1.81. The molecule has 0 spiro atoms. The molecule has 0 aliphatic heterocycles. The van der Waals surface area contributed by atoms with Gasteiger partial charge in [0.25, 0.3) is 5.56 Å². The maximum atomic E-state index is 13.6. The third kappa shape index (κ3) is 2.78. The van der Waals surface area contributed by atoms with E-state index in [-0.39, 0.29) is 11.2 Å². The Morgan fingerprint density at radius 1 is 0.786 bits per heavy atom. The van der Waals surface area contributed by atoms with Crippen LogP contribution in [0.3, 0.4) is 0 Å². The highest BCUT2D eigenvalue weighted by Gasteiger charge is 2.29. The highest BCUT2D eigenvalue weighted by Crippen LogP contribution is 2.24. The molecule has 3 aromatic carbocycles. The van der Waals surface area contributed by atoms with Crippen LogP contribution in [0.5, 0.6) is 0 Å². The zero-order valence-corrected chi connectivity index (χ0v) is 16.2. The Hall–Kier alpha value is -3.40. The van der Waals surface area contributed by atoms with E-state index in [0.717, 1.165) is 16.8 Å². The maximum absolute atomic E-state index is 13.6. The van der Waals surface area contributed by atoms with Gasteiger partial charge in [0.05, 0.1) is 22.1 Å². The van der Waals surface area contributed by atoms with E-state index >= 15 is 0 Å². The molecule has 28 heavy (non-hydrogen) atoms. The molecule has 0 N–H and O–H groups in total. The first-order valence-corrected chi connectivity index (χ1v) is 9.31. The molecular formula is C24H22N2O2. The van der Waals surface area contributed by atoms with E-state index in [0.29, 0.717) is 10.9 Å². The largest absolute Gasteiger partial charge is 0.336 e. The second-order valence-corrected chi connectivity index (χ2v) is 7.54. The Morgan fingerprint density at radius 2 is 1.39 bits per heavy atom. The van der Waals surface area contributed by atoms with Crippen LogP contribution < -0.4 is 11.2 Å². The molecule has 0 atom stereocenters. The lowest BCUT2D eigenvalue weighted by atomic mass is 9.93. The van der Waals surface area contributed by atoms with Gasteiger partial charge < -0.3 is 0 Å². The number of aryl methyl sites for hydroxylation is 1. The number of hydrogen-bond acceptors (Lipinski definition) is 2. The van der Waals surface area contributed by atoms with Crippen molar-refractivity contribution in [1.82, 2.24) is 9.13 Å². The summed E-state index contributed by atoms with van der Waals surface area (Å²) in [6, 6.07) is 24.7. The molecule has 1 aromatic heterocycles. The van der Waals surface area contributed by atoms with E-state index in [4.69, 9.17) is 0 Å². The molecule has 4 rings (SSSR count). The normalized spacial score (nSPS) is 11.7. The van der Waals surface area contributed by atoms with Gasteiger partial charge in [0.2, 0.25) is 0 Å². The van der Waals surface area contributed by atoms with Gasteiger partial charge in [-0.3, -0.25) is 9.36 Å². The van der Waals surface area contributed by atoms with Crippen molar-refractivity contribution in [3.63, 3.8) is 0 Å². The highest BCUT2D eigenvalue weighted by atomic mass is 16.2. The summed E-state index contributed by atoms with van der Waals surface area (Å²) in [6.45, 7) is 5.76. The van der Waals surface area contributed by atoms with E-state index in [1.807, 2.05) is 99.6 Å². The second-order valence-electron chi connectivity index (χ2n) is 7.54. The van der Waals surface area contributed by atoms with E-state index < -0.39 is 5.54 Å². The molecule has 0 bridgehead atoms. The lowest BCUT2D eigenvalue weighted by Crippen LogP contribution is -2.49. The summed E-state index contributed by atoms with van der Waals surface area (Å²) >= 11 is 0. The van der Waals surface area contributed by atoms with Crippen LogP contribution in [-0.4, -0.2) is 9.13 Å². The molecule has 4 aromatic rings. The summed E-state index contributed by atoms with van der Waals surface area (Å²) in [5.74, 6) is 0. The van der Waals surface area contributed by atoms with Crippen LogP contribution in [0.15, 0.2) is 88.5 Å². The van der Waals surface area contributed by atoms with Crippen molar-refractivity contribution in [2.45, 2.75) is 26.3 Å². The zero-order chi connectivity index (χ0) is 19.9. The van der Waals surface area contributed by atoms with E-state index in [9.17, 15) is 9.59 Å². The smallest absolute Gasteiger partial charge is 0.268 e. The minimum absolute atomic E-state index is 0.273. The van der Waals surface area contributed by atoms with Crippen LogP contribution in [0.25, 0.3) is 16.6 Å². The summed E-state index contributed by atoms with van der Waals surface area (Å²) in [5, 5.41) is 0.535. The Balaban J connectivity index is 2.17. The fourth-order valence-electron chi connectivity index (χ4n) is 3.72. The average Bonchev–Trinajstić information content (AvgIpc) is 2.70. The molecule has 0 aliphatic rings. The second kappa shape index (κ2) is 6.64. The molecular weight excluding hydrogens is 348 g/mol. The fourth-order valence-corrected chi connectivity index (χ4v) is 3.72. The topological polar surface area (TPSA) is 44.0 Å². The van der Waals surface area contributed by atoms with Gasteiger partial charge >= 0.3 is 5.69 Å². The lowest BCUT2D eigenvalue weighted by molar-refractivity contribution is 0.401. The van der Waals surface area contributed by atoms with Gasteiger partial charge in [-0.25, -0.2) is 9.36 Å². The summed E-state index contributed by atoms with van der Waals surface area (Å²) in [6.07, 6.45) is 0. The summed E-state index contributed by atoms with van der Waals surface area (Å²) in [4.78, 5) is 27.1. The standard InChI is InChI=1S/C24H22N2O2/c1-17-14-15-21-20(16-17)22(27)26(24(2,3)18-10-6-4-7-11-18)23(28)25(21)19-12-8-5-9-13-19/h4-16H,1-3H3. The van der Waals surface area contributed by atoms with Gasteiger partial charge in [0.15, 0.2) is 0 Å². The minimum Gasteiger partial charge on any atom is -0.268 e. The number of nitrogens with zero attached hydrogens (tertiary/aromatic N) is 2. The van der Waals surface area contributed by atoms with Crippen molar-refractivity contribution < 1.29 is 0 Å². The molecule has 0 radical (unpaired) electrons. The van der Waals surface area contributed by atoms with Gasteiger partial charge in [0.1, 0.15) is 0 Å². The molecule has 0 fully saturated rings. The predicted octanol–water partition coefficient (Wildman–Crippen LogP) is 4.24. The third-order valence-electron chi connectivity index (χ3n) is 5.26. The number of benzene rings is 3. The van der Waals surface area contributed by atoms with Gasteiger partial charge in [-0.1, -0.05) is 60.2 Å². The van der Waals surface area contributed by atoms with E-state index in [2.05, 4.69) is 0 Å². The summed E-state index contributed by atoms with van der Waals surface area (Å²) < 4.78 is 3.00. The third-order valence-corrected chi connectivity index (χ3v) is 5.26. The van der Waals surface area contributed by atoms with Crippen LogP contribution in [0, 0.1) is 6.92 Å². The number of hydrogen-bond donors (Lipinski definition) is 0. The van der Waals surface area contributed by atoms with Crippen molar-refractivity contribution in [3.8, 4) is 5.69 Å². The van der Waals surface area contributed by atoms with Crippen molar-refractivity contribution in [1.29, 1.82) is 0 Å². The first-order valence-electron chi connectivity index (χ1n) is 9.31. The van der Waals surface area contributed by atoms with Crippen LogP contribution in [0.2, 0.25) is 0 Å². The summed E-state index contributed by atoms with van der Waals surface area (Å²) in [7, 11) is 0. The molecule has 1 heterocycles. The number of fused-ring (bicyclic) bond motifs is 1. The molecule has 0 saturated heterocycles. The first kappa shape index (κ1) is 18.0.